The first-order chi connectivity index (χ1) is 13.9. The quantitative estimate of drug-likeness (QED) is 0.462. The molecule has 3 rings (SSSR count). The van der Waals surface area contributed by atoms with Crippen molar-refractivity contribution in [1.29, 1.82) is 0 Å². The standard InChI is InChI=1S/C21H23N5O3/c1-14(15-8-5-4-6-9-15)23-12-17(22-2)24-18(27)13-26-11-7-10-16-19(26)21(29)25(3)20(16)28/h4-6,8-9,12H,1,7,10-11,13H2,2-3H3,(H,22,24,27). The second-order valence-electron chi connectivity index (χ2n) is 6.75. The van der Waals surface area contributed by atoms with Crippen molar-refractivity contribution in [2.75, 3.05) is 27.2 Å². The summed E-state index contributed by atoms with van der Waals surface area (Å²) in [6.45, 7) is 4.40. The molecule has 0 bridgehead atoms. The van der Waals surface area contributed by atoms with Crippen LogP contribution in [-0.4, -0.2) is 66.8 Å². The van der Waals surface area contributed by atoms with E-state index in [1.54, 1.807) is 11.9 Å². The Hall–Kier alpha value is -3.55. The number of nitrogens with one attached hydrogen (secondary N) is 1. The normalized spacial score (nSPS) is 17.2. The summed E-state index contributed by atoms with van der Waals surface area (Å²) >= 11 is 0. The van der Waals surface area contributed by atoms with Crippen molar-refractivity contribution in [1.82, 2.24) is 15.1 Å². The Bertz CT molecular complexity index is 946. The zero-order chi connectivity index (χ0) is 21.0. The second kappa shape index (κ2) is 8.64. The van der Waals surface area contributed by atoms with Gasteiger partial charge >= 0.3 is 0 Å². The highest BCUT2D eigenvalue weighted by molar-refractivity contribution is 6.33. The first-order valence-corrected chi connectivity index (χ1v) is 9.28. The monoisotopic (exact) mass is 393 g/mol. The Labute approximate surface area is 169 Å². The maximum atomic E-state index is 12.5. The van der Waals surface area contributed by atoms with Crippen LogP contribution >= 0.6 is 0 Å². The molecule has 0 fully saturated rings. The molecule has 2 heterocycles. The number of carbonyl (C=O) groups excluding carboxylic acids is 3. The Morgan fingerprint density at radius 1 is 1.24 bits per heavy atom. The minimum atomic E-state index is -0.359. The van der Waals surface area contributed by atoms with Crippen LogP contribution in [0.25, 0.3) is 5.70 Å². The number of rotatable bonds is 5. The van der Waals surface area contributed by atoms with Gasteiger partial charge in [0.05, 0.1) is 18.5 Å². The molecule has 0 atom stereocenters. The van der Waals surface area contributed by atoms with Crippen molar-refractivity contribution < 1.29 is 14.4 Å². The largest absolute Gasteiger partial charge is 0.357 e. The summed E-state index contributed by atoms with van der Waals surface area (Å²) < 4.78 is 0. The molecule has 8 heteroatoms. The molecule has 0 aliphatic carbocycles. The number of hydrogen-bond donors (Lipinski definition) is 1. The average Bonchev–Trinajstić information content (AvgIpc) is 2.96. The molecular weight excluding hydrogens is 370 g/mol. The van der Waals surface area contributed by atoms with Crippen LogP contribution in [0.1, 0.15) is 18.4 Å². The first-order valence-electron chi connectivity index (χ1n) is 9.28. The molecule has 3 amide bonds. The van der Waals surface area contributed by atoms with Gasteiger partial charge in [-0.2, -0.15) is 0 Å². The molecule has 0 radical (unpaired) electrons. The molecular formula is C21H23N5O3. The highest BCUT2D eigenvalue weighted by atomic mass is 16.2. The summed E-state index contributed by atoms with van der Waals surface area (Å²) in [5, 5.41) is 2.68. The van der Waals surface area contributed by atoms with Gasteiger partial charge in [0.15, 0.2) is 0 Å². The lowest BCUT2D eigenvalue weighted by atomic mass is 10.0. The van der Waals surface area contributed by atoms with E-state index in [4.69, 9.17) is 0 Å². The third-order valence-electron chi connectivity index (χ3n) is 4.82. The number of amidine groups is 1. The van der Waals surface area contributed by atoms with Gasteiger partial charge < -0.3 is 10.2 Å². The van der Waals surface area contributed by atoms with E-state index in [1.165, 1.54) is 13.3 Å². The van der Waals surface area contributed by atoms with Crippen molar-refractivity contribution in [2.24, 2.45) is 9.98 Å². The van der Waals surface area contributed by atoms with Gasteiger partial charge in [0.25, 0.3) is 11.8 Å². The number of benzene rings is 1. The predicted octanol–water partition coefficient (Wildman–Crippen LogP) is 1.22. The Morgan fingerprint density at radius 3 is 2.66 bits per heavy atom. The molecule has 0 aromatic heterocycles. The van der Waals surface area contributed by atoms with Crippen LogP contribution < -0.4 is 5.32 Å². The van der Waals surface area contributed by atoms with E-state index in [0.717, 1.165) is 10.5 Å². The van der Waals surface area contributed by atoms with Gasteiger partial charge in [-0.05, 0) is 18.4 Å². The van der Waals surface area contributed by atoms with Crippen molar-refractivity contribution in [3.8, 4) is 0 Å². The molecule has 2 aliphatic heterocycles. The van der Waals surface area contributed by atoms with Gasteiger partial charge in [-0.25, -0.2) is 0 Å². The first kappa shape index (κ1) is 20.2. The van der Waals surface area contributed by atoms with Gasteiger partial charge in [0.2, 0.25) is 5.91 Å². The smallest absolute Gasteiger partial charge is 0.277 e. The maximum Gasteiger partial charge on any atom is 0.277 e. The number of imide groups is 1. The topological polar surface area (TPSA) is 94.4 Å². The summed E-state index contributed by atoms with van der Waals surface area (Å²) in [4.78, 5) is 48.0. The maximum absolute atomic E-state index is 12.5. The van der Waals surface area contributed by atoms with Crippen LogP contribution in [0.5, 0.6) is 0 Å². The van der Waals surface area contributed by atoms with Crippen molar-refractivity contribution in [2.45, 2.75) is 12.8 Å². The number of likely N-dealkylation sites (N-methyl/N-ethyl adjacent to an activating group) is 1. The van der Waals surface area contributed by atoms with Crippen LogP contribution in [-0.2, 0) is 14.4 Å². The van der Waals surface area contributed by atoms with E-state index >= 15 is 0 Å². The summed E-state index contributed by atoms with van der Waals surface area (Å²) in [5.41, 5.74) is 2.23. The van der Waals surface area contributed by atoms with Crippen molar-refractivity contribution in [3.05, 3.63) is 53.7 Å². The summed E-state index contributed by atoms with van der Waals surface area (Å²) in [6, 6.07) is 9.46. The van der Waals surface area contributed by atoms with Crippen LogP contribution in [0.2, 0.25) is 0 Å². The molecule has 150 valence electrons. The third kappa shape index (κ3) is 4.31. The lowest BCUT2D eigenvalue weighted by molar-refractivity contribution is -0.136. The minimum Gasteiger partial charge on any atom is -0.357 e. The lowest BCUT2D eigenvalue weighted by Crippen LogP contribution is -2.43. The fourth-order valence-electron chi connectivity index (χ4n) is 3.30. The van der Waals surface area contributed by atoms with E-state index in [-0.39, 0.29) is 30.1 Å². The Morgan fingerprint density at radius 2 is 1.97 bits per heavy atom. The number of aliphatic imine (C=N–C) groups is 2. The number of nitrogens with zero attached hydrogens (tertiary/aromatic N) is 4. The van der Waals surface area contributed by atoms with Crippen molar-refractivity contribution in [3.63, 3.8) is 0 Å². The fraction of sp³-hybridized carbons (Fsp3) is 0.286. The summed E-state index contributed by atoms with van der Waals surface area (Å²) in [6.07, 6.45) is 2.70. The van der Waals surface area contributed by atoms with Gasteiger partial charge in [0, 0.05) is 26.2 Å². The number of amides is 3. The molecule has 0 saturated carbocycles. The second-order valence-corrected chi connectivity index (χ2v) is 6.75. The van der Waals surface area contributed by atoms with E-state index in [1.807, 2.05) is 30.3 Å². The molecule has 0 unspecified atom stereocenters. The van der Waals surface area contributed by atoms with Crippen LogP contribution in [0.3, 0.4) is 0 Å². The average molecular weight is 393 g/mol. The molecule has 0 spiro atoms. The van der Waals surface area contributed by atoms with Crippen LogP contribution in [0, 0.1) is 0 Å². The SMILES string of the molecule is C=C(N=CC(=NC)NC(=O)CN1CCCC2=C1C(=O)N(C)C2=O)c1ccccc1. The summed E-state index contributed by atoms with van der Waals surface area (Å²) in [7, 11) is 3.00. The fourth-order valence-corrected chi connectivity index (χ4v) is 3.30. The number of carbonyl (C=O) groups is 3. The molecule has 0 saturated heterocycles. The Balaban J connectivity index is 1.64. The van der Waals surface area contributed by atoms with E-state index in [2.05, 4.69) is 21.9 Å². The van der Waals surface area contributed by atoms with Crippen LogP contribution in [0.4, 0.5) is 0 Å². The zero-order valence-electron chi connectivity index (χ0n) is 16.5. The van der Waals surface area contributed by atoms with Crippen molar-refractivity contribution >= 4 is 35.5 Å². The molecule has 8 nitrogen and oxygen atoms in total. The van der Waals surface area contributed by atoms with E-state index < -0.39 is 0 Å². The van der Waals surface area contributed by atoms with Gasteiger partial charge in [-0.3, -0.25) is 29.3 Å². The molecule has 1 aromatic carbocycles. The minimum absolute atomic E-state index is 0.0435. The third-order valence-corrected chi connectivity index (χ3v) is 4.82. The number of hydrogen-bond acceptors (Lipinski definition) is 6. The van der Waals surface area contributed by atoms with Crippen LogP contribution in [0.15, 0.2) is 58.2 Å². The molecule has 1 N–H and O–H groups in total. The van der Waals surface area contributed by atoms with E-state index in [9.17, 15) is 14.4 Å². The Kier molecular flexibility index (Phi) is 6.01. The molecule has 1 aromatic rings. The zero-order valence-corrected chi connectivity index (χ0v) is 16.5. The van der Waals surface area contributed by atoms with Gasteiger partial charge in [-0.15, -0.1) is 0 Å². The lowest BCUT2D eigenvalue weighted by Gasteiger charge is -2.28. The molecule has 2 aliphatic rings. The highest BCUT2D eigenvalue weighted by Gasteiger charge is 2.40. The van der Waals surface area contributed by atoms with E-state index in [0.29, 0.717) is 36.4 Å². The summed E-state index contributed by atoms with van der Waals surface area (Å²) in [5.74, 6) is -0.699. The van der Waals surface area contributed by atoms with Gasteiger partial charge in [0.1, 0.15) is 11.5 Å². The highest BCUT2D eigenvalue weighted by Crippen LogP contribution is 2.30. The predicted molar refractivity (Wildman–Crippen MR) is 111 cm³/mol. The van der Waals surface area contributed by atoms with Gasteiger partial charge in [-0.1, -0.05) is 36.9 Å². The molecule has 29 heavy (non-hydrogen) atoms.